The second-order valence-electron chi connectivity index (χ2n) is 4.30. The van der Waals surface area contributed by atoms with Gasteiger partial charge in [-0.25, -0.2) is 0 Å². The molecule has 0 aliphatic rings. The Hall–Kier alpha value is -0.870. The first kappa shape index (κ1) is 13.2. The van der Waals surface area contributed by atoms with Gasteiger partial charge in [0.2, 0.25) is 0 Å². The van der Waals surface area contributed by atoms with Gasteiger partial charge in [-0.1, -0.05) is 26.8 Å². The highest BCUT2D eigenvalue weighted by Gasteiger charge is 2.19. The Morgan fingerprint density at radius 3 is 2.25 bits per heavy atom. The average molecular weight is 242 g/mol. The molecule has 1 rings (SSSR count). The van der Waals surface area contributed by atoms with Crippen LogP contribution in [0.2, 0.25) is 0 Å². The minimum atomic E-state index is -4.13. The monoisotopic (exact) mass is 242 g/mol. The summed E-state index contributed by atoms with van der Waals surface area (Å²) in [5.41, 5.74) is 2.71. The third-order valence-electron chi connectivity index (χ3n) is 2.75. The van der Waals surface area contributed by atoms with Gasteiger partial charge < -0.3 is 0 Å². The first-order valence-electron chi connectivity index (χ1n) is 5.38. The standard InChI is InChI=1S/C12H18O3S/c1-5-10-7-11(8(2)3)12(6-9(10)4)16(13,14)15/h6-8H,5H2,1-4H3,(H,13,14,15). The highest BCUT2D eigenvalue weighted by Crippen LogP contribution is 2.27. The average Bonchev–Trinajstić information content (AvgIpc) is 2.15. The van der Waals surface area contributed by atoms with Crippen LogP contribution in [0.3, 0.4) is 0 Å². The maximum atomic E-state index is 11.3. The molecule has 90 valence electrons. The van der Waals surface area contributed by atoms with Crippen molar-refractivity contribution in [3.8, 4) is 0 Å². The molecule has 0 amide bonds. The molecule has 1 aromatic carbocycles. The molecule has 0 aliphatic heterocycles. The van der Waals surface area contributed by atoms with Gasteiger partial charge >= 0.3 is 0 Å². The van der Waals surface area contributed by atoms with Crippen molar-refractivity contribution in [1.29, 1.82) is 0 Å². The van der Waals surface area contributed by atoms with Crippen molar-refractivity contribution in [3.05, 3.63) is 28.8 Å². The Balaban J connectivity index is 3.55. The second-order valence-corrected chi connectivity index (χ2v) is 5.69. The normalized spacial score (nSPS) is 12.1. The molecule has 4 heteroatoms. The predicted molar refractivity (Wildman–Crippen MR) is 64.5 cm³/mol. The van der Waals surface area contributed by atoms with Gasteiger partial charge in [0.25, 0.3) is 10.1 Å². The van der Waals surface area contributed by atoms with E-state index in [-0.39, 0.29) is 10.8 Å². The van der Waals surface area contributed by atoms with E-state index >= 15 is 0 Å². The Bertz CT molecular complexity index is 487. The van der Waals surface area contributed by atoms with Crippen LogP contribution in [-0.4, -0.2) is 13.0 Å². The Morgan fingerprint density at radius 2 is 1.88 bits per heavy atom. The zero-order chi connectivity index (χ0) is 12.5. The molecule has 16 heavy (non-hydrogen) atoms. The zero-order valence-electron chi connectivity index (χ0n) is 10.1. The molecule has 0 fully saturated rings. The summed E-state index contributed by atoms with van der Waals surface area (Å²) in [6.45, 7) is 7.72. The summed E-state index contributed by atoms with van der Waals surface area (Å²) in [6.07, 6.45) is 0.858. The lowest BCUT2D eigenvalue weighted by Gasteiger charge is -2.14. The van der Waals surface area contributed by atoms with E-state index in [4.69, 9.17) is 0 Å². The van der Waals surface area contributed by atoms with E-state index in [0.29, 0.717) is 5.56 Å². The van der Waals surface area contributed by atoms with E-state index in [1.807, 2.05) is 33.8 Å². The fourth-order valence-electron chi connectivity index (χ4n) is 1.80. The quantitative estimate of drug-likeness (QED) is 0.829. The molecule has 1 N–H and O–H groups in total. The van der Waals surface area contributed by atoms with Crippen molar-refractivity contribution in [1.82, 2.24) is 0 Å². The van der Waals surface area contributed by atoms with E-state index in [1.54, 1.807) is 6.07 Å². The summed E-state index contributed by atoms with van der Waals surface area (Å²) in [6, 6.07) is 3.44. The molecule has 0 saturated carbocycles. The van der Waals surface area contributed by atoms with Gasteiger partial charge in [0.15, 0.2) is 0 Å². The molecule has 0 unspecified atom stereocenters. The summed E-state index contributed by atoms with van der Waals surface area (Å²) in [5.74, 6) is 0.0721. The first-order valence-corrected chi connectivity index (χ1v) is 6.82. The predicted octanol–water partition coefficient (Wildman–Crippen LogP) is 2.93. The molecule has 0 bridgehead atoms. The fourth-order valence-corrected chi connectivity index (χ4v) is 2.72. The number of aryl methyl sites for hydroxylation is 2. The summed E-state index contributed by atoms with van der Waals surface area (Å²) < 4.78 is 31.7. The largest absolute Gasteiger partial charge is 0.294 e. The summed E-state index contributed by atoms with van der Waals surface area (Å²) in [5, 5.41) is 0. The van der Waals surface area contributed by atoms with Gasteiger partial charge in [-0.05, 0) is 42.0 Å². The van der Waals surface area contributed by atoms with E-state index in [9.17, 15) is 13.0 Å². The lowest BCUT2D eigenvalue weighted by molar-refractivity contribution is 0.481. The van der Waals surface area contributed by atoms with Crippen molar-refractivity contribution in [2.45, 2.75) is 44.9 Å². The summed E-state index contributed by atoms with van der Waals surface area (Å²) in [4.78, 5) is 0.0391. The Kier molecular flexibility index (Phi) is 3.76. The number of hydrogen-bond donors (Lipinski definition) is 1. The minimum absolute atomic E-state index is 0.0391. The lowest BCUT2D eigenvalue weighted by Crippen LogP contribution is -2.06. The van der Waals surface area contributed by atoms with Gasteiger partial charge in [-0.15, -0.1) is 0 Å². The van der Waals surface area contributed by atoms with Crippen molar-refractivity contribution in [2.75, 3.05) is 0 Å². The van der Waals surface area contributed by atoms with Crippen molar-refractivity contribution in [2.24, 2.45) is 0 Å². The zero-order valence-corrected chi connectivity index (χ0v) is 10.9. The van der Waals surface area contributed by atoms with Gasteiger partial charge in [-0.2, -0.15) is 8.42 Å². The maximum absolute atomic E-state index is 11.3. The minimum Gasteiger partial charge on any atom is -0.282 e. The third-order valence-corrected chi connectivity index (χ3v) is 3.66. The molecule has 3 nitrogen and oxygen atoms in total. The van der Waals surface area contributed by atoms with Crippen LogP contribution in [0.25, 0.3) is 0 Å². The van der Waals surface area contributed by atoms with Crippen LogP contribution in [-0.2, 0) is 16.5 Å². The number of hydrogen-bond acceptors (Lipinski definition) is 2. The van der Waals surface area contributed by atoms with Crippen molar-refractivity contribution in [3.63, 3.8) is 0 Å². The SMILES string of the molecule is CCc1cc(C(C)C)c(S(=O)(=O)O)cc1C. The molecule has 0 saturated heterocycles. The third kappa shape index (κ3) is 2.62. The molecule has 0 heterocycles. The smallest absolute Gasteiger partial charge is 0.282 e. The Morgan fingerprint density at radius 1 is 1.31 bits per heavy atom. The topological polar surface area (TPSA) is 54.4 Å². The first-order chi connectivity index (χ1) is 7.27. The molecule has 1 aromatic rings. The molecular weight excluding hydrogens is 224 g/mol. The second kappa shape index (κ2) is 4.55. The molecule has 0 aliphatic carbocycles. The van der Waals surface area contributed by atoms with Crippen LogP contribution in [0.4, 0.5) is 0 Å². The highest BCUT2D eigenvalue weighted by molar-refractivity contribution is 7.85. The number of rotatable bonds is 3. The van der Waals surface area contributed by atoms with E-state index in [1.165, 1.54) is 0 Å². The van der Waals surface area contributed by atoms with Gasteiger partial charge in [0.05, 0.1) is 4.90 Å². The van der Waals surface area contributed by atoms with Crippen LogP contribution >= 0.6 is 0 Å². The molecule has 0 aromatic heterocycles. The molecule has 0 spiro atoms. The van der Waals surface area contributed by atoms with Crippen LogP contribution in [0.15, 0.2) is 17.0 Å². The molecular formula is C12H18O3S. The van der Waals surface area contributed by atoms with Crippen LogP contribution in [0.5, 0.6) is 0 Å². The fraction of sp³-hybridized carbons (Fsp3) is 0.500. The Labute approximate surface area is 97.2 Å². The number of benzene rings is 1. The van der Waals surface area contributed by atoms with Gasteiger partial charge in [0.1, 0.15) is 0 Å². The highest BCUT2D eigenvalue weighted by atomic mass is 32.2. The van der Waals surface area contributed by atoms with Crippen LogP contribution in [0, 0.1) is 6.92 Å². The van der Waals surface area contributed by atoms with Crippen LogP contribution < -0.4 is 0 Å². The van der Waals surface area contributed by atoms with E-state index < -0.39 is 10.1 Å². The van der Waals surface area contributed by atoms with Gasteiger partial charge in [-0.3, -0.25) is 4.55 Å². The van der Waals surface area contributed by atoms with Crippen LogP contribution in [0.1, 0.15) is 43.4 Å². The molecule has 0 radical (unpaired) electrons. The molecule has 0 atom stereocenters. The van der Waals surface area contributed by atoms with E-state index in [0.717, 1.165) is 17.5 Å². The maximum Gasteiger partial charge on any atom is 0.294 e. The van der Waals surface area contributed by atoms with Gasteiger partial charge in [0, 0.05) is 0 Å². The summed E-state index contributed by atoms with van der Waals surface area (Å²) in [7, 11) is -4.13. The van der Waals surface area contributed by atoms with E-state index in [2.05, 4.69) is 0 Å². The lowest BCUT2D eigenvalue weighted by atomic mass is 9.96. The summed E-state index contributed by atoms with van der Waals surface area (Å²) >= 11 is 0. The van der Waals surface area contributed by atoms with Crippen molar-refractivity contribution >= 4 is 10.1 Å². The van der Waals surface area contributed by atoms with Crippen molar-refractivity contribution < 1.29 is 13.0 Å².